The van der Waals surface area contributed by atoms with Crippen molar-refractivity contribution in [1.82, 2.24) is 4.90 Å². The van der Waals surface area contributed by atoms with Gasteiger partial charge in [0.2, 0.25) is 0 Å². The molecule has 4 nitrogen and oxygen atoms in total. The first kappa shape index (κ1) is 20.1. The maximum absolute atomic E-state index is 13.7. The maximum Gasteiger partial charge on any atom is 0.264 e. The van der Waals surface area contributed by atoms with Crippen molar-refractivity contribution in [1.29, 1.82) is 5.26 Å². The second-order valence-corrected chi connectivity index (χ2v) is 7.27. The number of likely N-dealkylation sites (N-methyl/N-ethyl adjacent to an activating group) is 1. The van der Waals surface area contributed by atoms with Crippen molar-refractivity contribution in [3.8, 4) is 11.8 Å². The van der Waals surface area contributed by atoms with Gasteiger partial charge in [0.25, 0.3) is 5.91 Å². The summed E-state index contributed by atoms with van der Waals surface area (Å²) >= 11 is 6.82. The lowest BCUT2D eigenvalue weighted by atomic mass is 10.1. The molecule has 0 aliphatic carbocycles. The molecule has 2 rings (SSSR count). The van der Waals surface area contributed by atoms with Crippen LogP contribution in [0.15, 0.2) is 50.9 Å². The van der Waals surface area contributed by atoms with Crippen molar-refractivity contribution in [3.05, 3.63) is 67.9 Å². The van der Waals surface area contributed by atoms with Crippen LogP contribution in [0.2, 0.25) is 0 Å². The number of nitriles is 1. The Morgan fingerprint density at radius 1 is 1.27 bits per heavy atom. The molecule has 0 aliphatic rings. The van der Waals surface area contributed by atoms with Gasteiger partial charge in [-0.15, -0.1) is 0 Å². The van der Waals surface area contributed by atoms with Crippen LogP contribution in [0.4, 0.5) is 4.39 Å². The van der Waals surface area contributed by atoms with Crippen molar-refractivity contribution >= 4 is 43.8 Å². The van der Waals surface area contributed by atoms with Gasteiger partial charge >= 0.3 is 0 Å². The molecule has 0 spiro atoms. The third kappa shape index (κ3) is 4.93. The summed E-state index contributed by atoms with van der Waals surface area (Å²) in [5, 5.41) is 9.19. The second kappa shape index (κ2) is 8.97. The molecule has 7 heteroatoms. The van der Waals surface area contributed by atoms with Crippen LogP contribution < -0.4 is 4.74 Å². The number of halogens is 3. The summed E-state index contributed by atoms with van der Waals surface area (Å²) in [4.78, 5) is 13.3. The Kier molecular flexibility index (Phi) is 6.95. The fourth-order valence-corrected chi connectivity index (χ4v) is 3.57. The van der Waals surface area contributed by atoms with Crippen LogP contribution in [-0.2, 0) is 11.4 Å². The highest BCUT2D eigenvalue weighted by Crippen LogP contribution is 2.36. The van der Waals surface area contributed by atoms with Crippen molar-refractivity contribution in [2.75, 3.05) is 14.1 Å². The lowest BCUT2D eigenvalue weighted by molar-refractivity contribution is -0.124. The maximum atomic E-state index is 13.7. The van der Waals surface area contributed by atoms with Crippen molar-refractivity contribution < 1.29 is 13.9 Å². The summed E-state index contributed by atoms with van der Waals surface area (Å²) in [6.45, 7) is 0.0711. The SMILES string of the molecule is CN(C)C(=O)/C(C#N)=C\c1cc(Br)c(OCc2ccccc2F)c(Br)c1. The average Bonchev–Trinajstić information content (AvgIpc) is 2.59. The van der Waals surface area contributed by atoms with E-state index < -0.39 is 0 Å². The van der Waals surface area contributed by atoms with Crippen LogP contribution in [0.5, 0.6) is 5.75 Å². The number of nitrogens with zero attached hydrogens (tertiary/aromatic N) is 2. The summed E-state index contributed by atoms with van der Waals surface area (Å²) in [5.74, 6) is -0.206. The number of carbonyl (C=O) groups excluding carboxylic acids is 1. The van der Waals surface area contributed by atoms with Crippen LogP contribution in [0.3, 0.4) is 0 Å². The smallest absolute Gasteiger partial charge is 0.264 e. The predicted octanol–water partition coefficient (Wildman–Crippen LogP) is 4.92. The van der Waals surface area contributed by atoms with Crippen LogP contribution in [0.25, 0.3) is 6.08 Å². The topological polar surface area (TPSA) is 53.3 Å². The summed E-state index contributed by atoms with van der Waals surface area (Å²) < 4.78 is 20.6. The quantitative estimate of drug-likeness (QED) is 0.449. The lowest BCUT2D eigenvalue weighted by Crippen LogP contribution is -2.22. The minimum absolute atomic E-state index is 0.0221. The third-order valence-electron chi connectivity index (χ3n) is 3.42. The Hall–Kier alpha value is -2.17. The third-order valence-corrected chi connectivity index (χ3v) is 4.60. The highest BCUT2D eigenvalue weighted by Gasteiger charge is 2.14. The van der Waals surface area contributed by atoms with E-state index in [1.54, 1.807) is 44.4 Å². The van der Waals surface area contributed by atoms with Crippen molar-refractivity contribution in [2.45, 2.75) is 6.61 Å². The van der Waals surface area contributed by atoms with Gasteiger partial charge in [0.05, 0.1) is 8.95 Å². The molecule has 0 radical (unpaired) electrons. The molecule has 2 aromatic carbocycles. The molecule has 0 fully saturated rings. The Bertz CT molecular complexity index is 882. The molecule has 26 heavy (non-hydrogen) atoms. The van der Waals surface area contributed by atoms with Crippen LogP contribution >= 0.6 is 31.9 Å². The number of hydrogen-bond acceptors (Lipinski definition) is 3. The zero-order valence-electron chi connectivity index (χ0n) is 14.1. The number of ether oxygens (including phenoxy) is 1. The normalized spacial score (nSPS) is 11.0. The molecule has 0 N–H and O–H groups in total. The molecular formula is C19H15Br2FN2O2. The van der Waals surface area contributed by atoms with Crippen LogP contribution in [-0.4, -0.2) is 24.9 Å². The Morgan fingerprint density at radius 2 is 1.88 bits per heavy atom. The van der Waals surface area contributed by atoms with E-state index in [1.807, 2.05) is 6.07 Å². The van der Waals surface area contributed by atoms with E-state index in [4.69, 9.17) is 4.74 Å². The molecule has 0 saturated heterocycles. The second-order valence-electron chi connectivity index (χ2n) is 5.56. The highest BCUT2D eigenvalue weighted by molar-refractivity contribution is 9.11. The number of amides is 1. The highest BCUT2D eigenvalue weighted by atomic mass is 79.9. The summed E-state index contributed by atoms with van der Waals surface area (Å²) in [7, 11) is 3.16. The largest absolute Gasteiger partial charge is 0.486 e. The van der Waals surface area contributed by atoms with E-state index in [0.717, 1.165) is 0 Å². The predicted molar refractivity (Wildman–Crippen MR) is 105 cm³/mol. The van der Waals surface area contributed by atoms with E-state index in [2.05, 4.69) is 31.9 Å². The van der Waals surface area contributed by atoms with E-state index in [0.29, 0.717) is 25.8 Å². The molecule has 2 aromatic rings. The van der Waals surface area contributed by atoms with Crippen molar-refractivity contribution in [2.24, 2.45) is 0 Å². The van der Waals surface area contributed by atoms with Gasteiger partial charge in [-0.3, -0.25) is 4.79 Å². The molecule has 134 valence electrons. The van der Waals surface area contributed by atoms with Crippen molar-refractivity contribution in [3.63, 3.8) is 0 Å². The van der Waals surface area contributed by atoms with E-state index in [9.17, 15) is 14.4 Å². The molecule has 0 atom stereocenters. The van der Waals surface area contributed by atoms with E-state index in [-0.39, 0.29) is 23.9 Å². The van der Waals surface area contributed by atoms with Gasteiger partial charge in [-0.05, 0) is 61.7 Å². The first-order valence-electron chi connectivity index (χ1n) is 7.52. The zero-order valence-corrected chi connectivity index (χ0v) is 17.3. The summed E-state index contributed by atoms with van der Waals surface area (Å²) in [6, 6.07) is 11.7. The zero-order chi connectivity index (χ0) is 19.3. The van der Waals surface area contributed by atoms with Gasteiger partial charge in [-0.2, -0.15) is 5.26 Å². The van der Waals surface area contributed by atoms with Gasteiger partial charge in [-0.25, -0.2) is 4.39 Å². The van der Waals surface area contributed by atoms with Crippen LogP contribution in [0.1, 0.15) is 11.1 Å². The summed E-state index contributed by atoms with van der Waals surface area (Å²) in [6.07, 6.45) is 1.50. The molecule has 0 aliphatic heterocycles. The fraction of sp³-hybridized carbons (Fsp3) is 0.158. The molecule has 1 amide bonds. The molecule has 0 aromatic heterocycles. The number of rotatable bonds is 5. The van der Waals surface area contributed by atoms with E-state index in [1.165, 1.54) is 17.0 Å². The Balaban J connectivity index is 2.27. The standard InChI is InChI=1S/C19H15Br2FN2O2/c1-24(2)19(25)14(10-23)7-12-8-15(20)18(16(21)9-12)26-11-13-5-3-4-6-17(13)22/h3-9H,11H2,1-2H3/b14-7-. The minimum atomic E-state index is -0.375. The fourth-order valence-electron chi connectivity index (χ4n) is 2.12. The number of carbonyl (C=O) groups is 1. The average molecular weight is 482 g/mol. The Labute approximate surface area is 168 Å². The number of hydrogen-bond donors (Lipinski definition) is 0. The monoisotopic (exact) mass is 480 g/mol. The lowest BCUT2D eigenvalue weighted by Gasteiger charge is -2.12. The molecule has 0 bridgehead atoms. The summed E-state index contributed by atoms with van der Waals surface area (Å²) in [5.41, 5.74) is 1.11. The van der Waals surface area contributed by atoms with Gasteiger partial charge < -0.3 is 9.64 Å². The van der Waals surface area contributed by atoms with Crippen LogP contribution in [0, 0.1) is 17.1 Å². The minimum Gasteiger partial charge on any atom is -0.486 e. The first-order chi connectivity index (χ1) is 12.3. The van der Waals surface area contributed by atoms with E-state index >= 15 is 0 Å². The molecule has 0 saturated carbocycles. The molecule has 0 unspecified atom stereocenters. The molecular weight excluding hydrogens is 467 g/mol. The first-order valence-corrected chi connectivity index (χ1v) is 9.10. The van der Waals surface area contributed by atoms with Gasteiger partial charge in [0.15, 0.2) is 0 Å². The Morgan fingerprint density at radius 3 is 2.42 bits per heavy atom. The van der Waals surface area contributed by atoms with Gasteiger partial charge in [0, 0.05) is 19.7 Å². The van der Waals surface area contributed by atoms with Gasteiger partial charge in [0.1, 0.15) is 29.8 Å². The van der Waals surface area contributed by atoms with Gasteiger partial charge in [-0.1, -0.05) is 18.2 Å². The number of benzene rings is 2. The molecule has 0 heterocycles.